The van der Waals surface area contributed by atoms with E-state index in [4.69, 9.17) is 5.11 Å². The molecule has 0 radical (unpaired) electrons. The third-order valence-corrected chi connectivity index (χ3v) is 3.27. The molecular weight excluding hydrogens is 273 g/mol. The third-order valence-electron chi connectivity index (χ3n) is 1.35. The molecule has 0 amide bonds. The van der Waals surface area contributed by atoms with Crippen LogP contribution in [0.1, 0.15) is 0 Å². The molecule has 0 aromatic heterocycles. The second-order valence-electron chi connectivity index (χ2n) is 2.08. The van der Waals surface area contributed by atoms with Crippen molar-refractivity contribution >= 4 is 5.69 Å². The normalized spacial score (nSPS) is 10.1. The number of aromatic hydroxyl groups is 1. The van der Waals surface area contributed by atoms with Crippen LogP contribution in [0, 0.1) is 13.7 Å². The zero-order valence-corrected chi connectivity index (χ0v) is 8.48. The van der Waals surface area contributed by atoms with E-state index in [0.717, 1.165) is 3.57 Å². The van der Waals surface area contributed by atoms with Crippen LogP contribution in [0.2, 0.25) is 0 Å². The van der Waals surface area contributed by atoms with Gasteiger partial charge in [0.2, 0.25) is 0 Å². The molecule has 0 atom stereocenters. The molecule has 0 saturated carbocycles. The zero-order chi connectivity index (χ0) is 9.14. The number of phenols is 1. The van der Waals surface area contributed by atoms with E-state index in [1.54, 1.807) is 6.07 Å². The molecular formula is C7H7INO3-. The minimum atomic E-state index is -0.571. The van der Waals surface area contributed by atoms with Crippen molar-refractivity contribution in [1.82, 2.24) is 0 Å². The summed E-state index contributed by atoms with van der Waals surface area (Å²) in [5.74, 6) is -0.263. The van der Waals surface area contributed by atoms with Crippen molar-refractivity contribution in [2.75, 3.05) is 4.93 Å². The second kappa shape index (κ2) is 3.70. The fraction of sp³-hybridized carbons (Fsp3) is 0.143. The van der Waals surface area contributed by atoms with Gasteiger partial charge in [-0.3, -0.25) is 0 Å². The van der Waals surface area contributed by atoms with E-state index in [0.29, 0.717) is 0 Å². The number of nitrogens with zero attached hydrogens (tertiary/aromatic N) is 1. The molecule has 0 heterocycles. The van der Waals surface area contributed by atoms with Gasteiger partial charge in [0, 0.05) is 0 Å². The average molecular weight is 280 g/mol. The van der Waals surface area contributed by atoms with Gasteiger partial charge in [0.05, 0.1) is 0 Å². The summed E-state index contributed by atoms with van der Waals surface area (Å²) in [6.07, 6.45) is 0. The Labute approximate surface area is 79.6 Å². The van der Waals surface area contributed by atoms with E-state index in [2.05, 4.69) is 0 Å². The predicted octanol–water partition coefficient (Wildman–Crippen LogP) is -1.81. The van der Waals surface area contributed by atoms with Crippen molar-refractivity contribution in [3.8, 4) is 5.75 Å². The van der Waals surface area contributed by atoms with Crippen LogP contribution in [-0.4, -0.2) is 15.0 Å². The average Bonchev–Trinajstić information content (AvgIpc) is 2.05. The maximum atomic E-state index is 10.3. The summed E-state index contributed by atoms with van der Waals surface area (Å²) in [5.41, 5.74) is -0.200. The number of benzene rings is 1. The van der Waals surface area contributed by atoms with E-state index in [-0.39, 0.29) is 32.6 Å². The summed E-state index contributed by atoms with van der Waals surface area (Å²) in [4.78, 5) is 11.8. The Morgan fingerprint density at radius 3 is 2.75 bits per heavy atom. The van der Waals surface area contributed by atoms with Gasteiger partial charge in [-0.15, -0.1) is 0 Å². The molecule has 12 heavy (non-hydrogen) atoms. The Morgan fingerprint density at radius 1 is 1.58 bits per heavy atom. The Bertz CT molecular complexity index is 314. The molecule has 5 heteroatoms. The molecule has 0 aliphatic carbocycles. The van der Waals surface area contributed by atoms with Crippen LogP contribution >= 0.6 is 0 Å². The fourth-order valence-electron chi connectivity index (χ4n) is 0.760. The third kappa shape index (κ3) is 1.84. The van der Waals surface area contributed by atoms with Crippen LogP contribution in [0.5, 0.6) is 5.75 Å². The summed E-state index contributed by atoms with van der Waals surface area (Å²) < 4.78 is 0.957. The van der Waals surface area contributed by atoms with Gasteiger partial charge in [0.15, 0.2) is 0 Å². The molecule has 0 aliphatic rings. The summed E-state index contributed by atoms with van der Waals surface area (Å²) in [7, 11) is 0. The predicted molar refractivity (Wildman–Crippen MR) is 39.4 cm³/mol. The van der Waals surface area contributed by atoms with E-state index in [9.17, 15) is 10.1 Å². The van der Waals surface area contributed by atoms with Crippen molar-refractivity contribution in [1.29, 1.82) is 0 Å². The topological polar surface area (TPSA) is 63.4 Å². The van der Waals surface area contributed by atoms with Gasteiger partial charge < -0.3 is 0 Å². The van der Waals surface area contributed by atoms with E-state index in [1.807, 2.05) is 4.93 Å². The zero-order valence-electron chi connectivity index (χ0n) is 6.32. The molecule has 1 aromatic rings. The second-order valence-corrected chi connectivity index (χ2v) is 4.40. The number of hydrogen-bond donors (Lipinski definition) is 1. The molecule has 66 valence electrons. The Kier molecular flexibility index (Phi) is 2.85. The number of nitro benzene ring substituents is 1. The number of halogens is 1. The number of alkyl halides is 1. The Balaban J connectivity index is 3.17. The van der Waals surface area contributed by atoms with Crippen molar-refractivity contribution in [2.45, 2.75) is 0 Å². The quantitative estimate of drug-likeness (QED) is 0.300. The number of phenolic OH excluding ortho intramolecular Hbond substituents is 1. The summed E-state index contributed by atoms with van der Waals surface area (Å²) in [6, 6.07) is 4.52. The molecule has 0 aliphatic heterocycles. The SMILES string of the molecule is C[I-]c1ccc(O)c([N+](=O)[O-])c1. The van der Waals surface area contributed by atoms with Crippen LogP contribution in [0.3, 0.4) is 0 Å². The van der Waals surface area contributed by atoms with Crippen molar-refractivity contribution in [3.63, 3.8) is 0 Å². The van der Waals surface area contributed by atoms with Crippen LogP contribution in [0.15, 0.2) is 18.2 Å². The molecule has 1 rings (SSSR count). The maximum absolute atomic E-state index is 10.3. The van der Waals surface area contributed by atoms with Gasteiger partial charge in [0.1, 0.15) is 0 Å². The first-order chi connectivity index (χ1) is 5.65. The molecule has 0 spiro atoms. The van der Waals surface area contributed by atoms with Crippen molar-refractivity contribution in [3.05, 3.63) is 31.9 Å². The van der Waals surface area contributed by atoms with Gasteiger partial charge in [-0.25, -0.2) is 0 Å². The van der Waals surface area contributed by atoms with Gasteiger partial charge in [0.25, 0.3) is 0 Å². The number of rotatable bonds is 2. The van der Waals surface area contributed by atoms with E-state index in [1.165, 1.54) is 12.1 Å². The fourth-order valence-corrected chi connectivity index (χ4v) is 1.91. The summed E-state index contributed by atoms with van der Waals surface area (Å²) in [6.45, 7) is 0. The van der Waals surface area contributed by atoms with Gasteiger partial charge in [-0.2, -0.15) is 0 Å². The first-order valence-electron chi connectivity index (χ1n) is 3.12. The first kappa shape index (κ1) is 9.24. The number of hydrogen-bond acceptors (Lipinski definition) is 3. The monoisotopic (exact) mass is 280 g/mol. The minimum absolute atomic E-state index is 0.161. The van der Waals surface area contributed by atoms with Crippen molar-refractivity contribution < 1.29 is 31.2 Å². The molecule has 0 fully saturated rings. The molecule has 1 N–H and O–H groups in total. The van der Waals surface area contributed by atoms with Gasteiger partial charge in [-0.1, -0.05) is 0 Å². The molecule has 0 unspecified atom stereocenters. The first-order valence-corrected chi connectivity index (χ1v) is 6.35. The van der Waals surface area contributed by atoms with Gasteiger partial charge >= 0.3 is 79.5 Å². The van der Waals surface area contributed by atoms with Crippen molar-refractivity contribution in [2.24, 2.45) is 0 Å². The van der Waals surface area contributed by atoms with Gasteiger partial charge in [-0.05, 0) is 0 Å². The molecule has 0 saturated heterocycles. The van der Waals surface area contributed by atoms with Crippen LogP contribution in [0.4, 0.5) is 5.69 Å². The summed E-state index contributed by atoms with van der Waals surface area (Å²) in [5, 5.41) is 19.4. The van der Waals surface area contributed by atoms with Crippen LogP contribution in [-0.2, 0) is 0 Å². The molecule has 0 bridgehead atoms. The molecule has 4 nitrogen and oxygen atoms in total. The van der Waals surface area contributed by atoms with E-state index < -0.39 is 4.92 Å². The summed E-state index contributed by atoms with van der Waals surface area (Å²) >= 11 is -0.161. The van der Waals surface area contributed by atoms with E-state index >= 15 is 0 Å². The van der Waals surface area contributed by atoms with Crippen LogP contribution < -0.4 is 21.2 Å². The molecule has 1 aromatic carbocycles. The van der Waals surface area contributed by atoms with Crippen LogP contribution in [0.25, 0.3) is 0 Å². The standard InChI is InChI=1S/C7H7INO3/c1-8-5-2-3-7(10)6(4-5)9(11)12/h2-4,10H,1H3/q-1. The Morgan fingerprint density at radius 2 is 2.25 bits per heavy atom. The Hall–Kier alpha value is -0.850. The number of nitro groups is 1.